The van der Waals surface area contributed by atoms with E-state index in [0.29, 0.717) is 33.2 Å². The van der Waals surface area contributed by atoms with Crippen LogP contribution in [0.4, 0.5) is 0 Å². The lowest BCUT2D eigenvalue weighted by atomic mass is 10.1. The van der Waals surface area contributed by atoms with Crippen LogP contribution in [-0.2, 0) is 4.79 Å². The van der Waals surface area contributed by atoms with E-state index in [1.165, 1.54) is 0 Å². The molecule has 0 unspecified atom stereocenters. The maximum atomic E-state index is 10.6. The number of rotatable bonds is 1. The zero-order chi connectivity index (χ0) is 10.1. The number of ether oxygens (including phenoxy) is 1. The molecule has 2 rings (SSSR count). The molecule has 0 amide bonds. The molecule has 14 heavy (non-hydrogen) atoms. The topological polar surface area (TPSA) is 26.3 Å². The van der Waals surface area contributed by atoms with Gasteiger partial charge in [0.25, 0.3) is 0 Å². The average Bonchev–Trinajstić information content (AvgIpc) is 2.20. The molecule has 0 aliphatic carbocycles. The number of hydrogen-bond acceptors (Lipinski definition) is 2. The van der Waals surface area contributed by atoms with Gasteiger partial charge in [-0.3, -0.25) is 4.79 Å². The van der Waals surface area contributed by atoms with E-state index in [1.54, 1.807) is 18.2 Å². The van der Waals surface area contributed by atoms with Crippen molar-refractivity contribution in [2.24, 2.45) is 0 Å². The maximum Gasteiger partial charge on any atom is 0.150 e. The van der Waals surface area contributed by atoms with E-state index < -0.39 is 0 Å². The number of fused-ring (bicyclic) bond motifs is 1. The minimum Gasteiger partial charge on any atom is -0.488 e. The summed E-state index contributed by atoms with van der Waals surface area (Å²) >= 11 is 11.8. The van der Waals surface area contributed by atoms with Crippen molar-refractivity contribution in [2.45, 2.75) is 0 Å². The van der Waals surface area contributed by atoms with E-state index in [4.69, 9.17) is 27.9 Å². The quantitative estimate of drug-likeness (QED) is 0.692. The van der Waals surface area contributed by atoms with Crippen LogP contribution in [0.1, 0.15) is 5.56 Å². The summed E-state index contributed by atoms with van der Waals surface area (Å²) in [7, 11) is 0. The summed E-state index contributed by atoms with van der Waals surface area (Å²) in [6.45, 7) is 0.219. The van der Waals surface area contributed by atoms with Gasteiger partial charge in [0, 0.05) is 16.2 Å². The molecule has 1 heterocycles. The molecule has 1 aromatic rings. The van der Waals surface area contributed by atoms with Gasteiger partial charge in [0.05, 0.1) is 5.03 Å². The summed E-state index contributed by atoms with van der Waals surface area (Å²) in [5.74, 6) is 0.657. The predicted octanol–water partition coefficient (Wildman–Crippen LogP) is 2.88. The Balaban J connectivity index is 2.60. The lowest BCUT2D eigenvalue weighted by molar-refractivity contribution is -0.105. The lowest BCUT2D eigenvalue weighted by Crippen LogP contribution is -2.10. The van der Waals surface area contributed by atoms with Crippen molar-refractivity contribution < 1.29 is 9.53 Å². The summed E-state index contributed by atoms with van der Waals surface area (Å²) in [4.78, 5) is 10.6. The third-order valence-corrected chi connectivity index (χ3v) is 2.67. The van der Waals surface area contributed by atoms with Crippen molar-refractivity contribution in [1.29, 1.82) is 0 Å². The molecular weight excluding hydrogens is 223 g/mol. The molecule has 0 bridgehead atoms. The molecule has 1 aliphatic heterocycles. The smallest absolute Gasteiger partial charge is 0.150 e. The molecule has 1 aromatic carbocycles. The van der Waals surface area contributed by atoms with Crippen molar-refractivity contribution in [2.75, 3.05) is 6.61 Å². The van der Waals surface area contributed by atoms with Gasteiger partial charge >= 0.3 is 0 Å². The summed E-state index contributed by atoms with van der Waals surface area (Å²) in [5.41, 5.74) is 1.12. The van der Waals surface area contributed by atoms with Crippen LogP contribution in [0, 0.1) is 0 Å². The second-order valence-electron chi connectivity index (χ2n) is 2.89. The van der Waals surface area contributed by atoms with Crippen molar-refractivity contribution in [1.82, 2.24) is 0 Å². The molecule has 0 saturated heterocycles. The van der Waals surface area contributed by atoms with E-state index in [1.807, 2.05) is 0 Å². The first-order chi connectivity index (χ1) is 6.72. The molecule has 0 atom stereocenters. The number of hydrogen-bond donors (Lipinski definition) is 0. The number of halogens is 2. The van der Waals surface area contributed by atoms with E-state index in [-0.39, 0.29) is 6.61 Å². The lowest BCUT2D eigenvalue weighted by Gasteiger charge is -2.17. The van der Waals surface area contributed by atoms with Crippen molar-refractivity contribution in [3.8, 4) is 5.75 Å². The number of carbonyl (C=O) groups excluding carboxylic acids is 1. The second kappa shape index (κ2) is 3.64. The third-order valence-electron chi connectivity index (χ3n) is 1.99. The Morgan fingerprint density at radius 3 is 2.86 bits per heavy atom. The summed E-state index contributed by atoms with van der Waals surface area (Å²) in [6.07, 6.45) is 0.701. The van der Waals surface area contributed by atoms with E-state index >= 15 is 0 Å². The van der Waals surface area contributed by atoms with Crippen molar-refractivity contribution >= 4 is 34.5 Å². The zero-order valence-electron chi connectivity index (χ0n) is 7.09. The fraction of sp³-hybridized carbons (Fsp3) is 0.100. The Morgan fingerprint density at radius 2 is 2.14 bits per heavy atom. The van der Waals surface area contributed by atoms with E-state index in [2.05, 4.69) is 0 Å². The molecule has 0 saturated carbocycles. The molecule has 2 nitrogen and oxygen atoms in total. The summed E-state index contributed by atoms with van der Waals surface area (Å²) < 4.78 is 5.32. The largest absolute Gasteiger partial charge is 0.488 e. The fourth-order valence-corrected chi connectivity index (χ4v) is 1.70. The highest BCUT2D eigenvalue weighted by atomic mass is 35.5. The van der Waals surface area contributed by atoms with Crippen LogP contribution in [0.25, 0.3) is 5.03 Å². The van der Waals surface area contributed by atoms with Gasteiger partial charge in [0.15, 0.2) is 6.29 Å². The molecule has 0 spiro atoms. The molecule has 72 valence electrons. The number of aldehydes is 1. The minimum atomic E-state index is 0.219. The average molecular weight is 229 g/mol. The van der Waals surface area contributed by atoms with Crippen LogP contribution in [-0.4, -0.2) is 12.9 Å². The van der Waals surface area contributed by atoms with Crippen LogP contribution in [0.5, 0.6) is 5.75 Å². The first kappa shape index (κ1) is 9.56. The SMILES string of the molecule is O=CC1=C(Cl)c2cc(Cl)ccc2OC1. The predicted molar refractivity (Wildman–Crippen MR) is 55.8 cm³/mol. The Bertz CT molecular complexity index is 424. The minimum absolute atomic E-state index is 0.219. The third kappa shape index (κ3) is 1.51. The van der Waals surface area contributed by atoms with Gasteiger partial charge in [-0.15, -0.1) is 0 Å². The highest BCUT2D eigenvalue weighted by Gasteiger charge is 2.18. The normalized spacial score (nSPS) is 14.7. The van der Waals surface area contributed by atoms with E-state index in [9.17, 15) is 4.79 Å². The number of benzene rings is 1. The van der Waals surface area contributed by atoms with Crippen LogP contribution in [0.3, 0.4) is 0 Å². The Labute approximate surface area is 91.1 Å². The Kier molecular flexibility index (Phi) is 2.48. The first-order valence-electron chi connectivity index (χ1n) is 3.99. The Hall–Kier alpha value is -0.990. The van der Waals surface area contributed by atoms with Crippen molar-refractivity contribution in [3.63, 3.8) is 0 Å². The van der Waals surface area contributed by atoms with Gasteiger partial charge in [0.1, 0.15) is 12.4 Å². The van der Waals surface area contributed by atoms with E-state index in [0.717, 1.165) is 0 Å². The summed E-state index contributed by atoms with van der Waals surface area (Å²) in [5, 5.41) is 0.987. The second-order valence-corrected chi connectivity index (χ2v) is 3.70. The van der Waals surface area contributed by atoms with Crippen LogP contribution in [0.2, 0.25) is 5.02 Å². The molecule has 0 N–H and O–H groups in total. The molecular formula is C10H6Cl2O2. The molecule has 0 radical (unpaired) electrons. The maximum absolute atomic E-state index is 10.6. The van der Waals surface area contributed by atoms with Crippen LogP contribution in [0.15, 0.2) is 23.8 Å². The highest BCUT2D eigenvalue weighted by molar-refractivity contribution is 6.51. The van der Waals surface area contributed by atoms with Gasteiger partial charge in [0.2, 0.25) is 0 Å². The van der Waals surface area contributed by atoms with Crippen molar-refractivity contribution in [3.05, 3.63) is 34.4 Å². The monoisotopic (exact) mass is 228 g/mol. The van der Waals surface area contributed by atoms with Gasteiger partial charge in [-0.25, -0.2) is 0 Å². The fourth-order valence-electron chi connectivity index (χ4n) is 1.28. The van der Waals surface area contributed by atoms with Crippen LogP contribution < -0.4 is 4.74 Å². The standard InChI is InChI=1S/C10H6Cl2O2/c11-7-1-2-9-8(3-7)10(12)6(4-13)5-14-9/h1-4H,5H2. The first-order valence-corrected chi connectivity index (χ1v) is 4.74. The molecule has 1 aliphatic rings. The molecule has 4 heteroatoms. The van der Waals surface area contributed by atoms with Crippen LogP contribution >= 0.6 is 23.2 Å². The molecule has 0 aromatic heterocycles. The summed E-state index contributed by atoms with van der Waals surface area (Å²) in [6, 6.07) is 5.14. The Morgan fingerprint density at radius 1 is 1.36 bits per heavy atom. The van der Waals surface area contributed by atoms with Gasteiger partial charge in [-0.1, -0.05) is 23.2 Å². The van der Waals surface area contributed by atoms with Gasteiger partial charge in [-0.05, 0) is 18.2 Å². The zero-order valence-corrected chi connectivity index (χ0v) is 8.60. The van der Waals surface area contributed by atoms with Gasteiger partial charge in [-0.2, -0.15) is 0 Å². The number of carbonyl (C=O) groups is 1. The molecule has 0 fully saturated rings. The van der Waals surface area contributed by atoms with Gasteiger partial charge < -0.3 is 4.74 Å². The highest BCUT2D eigenvalue weighted by Crippen LogP contribution is 2.36.